The molecule has 5 nitrogen and oxygen atoms in total. The summed E-state index contributed by atoms with van der Waals surface area (Å²) in [4.78, 5) is 25.8. The van der Waals surface area contributed by atoms with Gasteiger partial charge < -0.3 is 16.0 Å². The molecule has 4 N–H and O–H groups in total. The Morgan fingerprint density at radius 1 is 1.37 bits per heavy atom. The molecular weight excluding hydrogens is 242 g/mol. The van der Waals surface area contributed by atoms with Crippen molar-refractivity contribution in [3.8, 4) is 0 Å². The van der Waals surface area contributed by atoms with Crippen LogP contribution >= 0.6 is 0 Å². The van der Waals surface area contributed by atoms with Crippen LogP contribution in [0.4, 0.5) is 0 Å². The number of nitrogens with two attached hydrogens (primary N) is 1. The lowest BCUT2D eigenvalue weighted by Gasteiger charge is -2.27. The second kappa shape index (κ2) is 4.81. The highest BCUT2D eigenvalue weighted by Gasteiger charge is 2.48. The van der Waals surface area contributed by atoms with Crippen LogP contribution in [0.25, 0.3) is 0 Å². The second-order valence-electron chi connectivity index (χ2n) is 5.72. The van der Waals surface area contributed by atoms with Crippen molar-refractivity contribution in [2.24, 2.45) is 23.5 Å². The Bertz CT molecular complexity index is 517. The van der Waals surface area contributed by atoms with Gasteiger partial charge in [-0.1, -0.05) is 6.07 Å². The van der Waals surface area contributed by atoms with Crippen LogP contribution in [-0.4, -0.2) is 16.9 Å². The van der Waals surface area contributed by atoms with Gasteiger partial charge in [0.15, 0.2) is 0 Å². The van der Waals surface area contributed by atoms with E-state index in [-0.39, 0.29) is 23.4 Å². The highest BCUT2D eigenvalue weighted by Crippen LogP contribution is 2.47. The highest BCUT2D eigenvalue weighted by molar-refractivity contribution is 5.80. The number of hydrogen-bond acceptors (Lipinski definition) is 3. The molecule has 1 aromatic heterocycles. The van der Waals surface area contributed by atoms with E-state index in [4.69, 9.17) is 5.73 Å². The first kappa shape index (κ1) is 12.4. The lowest BCUT2D eigenvalue weighted by Crippen LogP contribution is -2.45. The summed E-state index contributed by atoms with van der Waals surface area (Å²) >= 11 is 0. The predicted octanol–water partition coefficient (Wildman–Crippen LogP) is 0.364. The van der Waals surface area contributed by atoms with Gasteiger partial charge in [0, 0.05) is 24.8 Å². The van der Waals surface area contributed by atoms with Crippen molar-refractivity contribution < 1.29 is 4.79 Å². The summed E-state index contributed by atoms with van der Waals surface area (Å²) in [7, 11) is 0. The average molecular weight is 261 g/mol. The van der Waals surface area contributed by atoms with Gasteiger partial charge in [0.2, 0.25) is 11.5 Å². The Labute approximate surface area is 111 Å². The maximum absolute atomic E-state index is 12.2. The maximum Gasteiger partial charge on any atom is 0.247 e. The quantitative estimate of drug-likeness (QED) is 0.734. The molecule has 0 aliphatic heterocycles. The van der Waals surface area contributed by atoms with E-state index < -0.39 is 0 Å². The van der Waals surface area contributed by atoms with Crippen molar-refractivity contribution in [2.45, 2.75) is 31.8 Å². The van der Waals surface area contributed by atoms with Gasteiger partial charge >= 0.3 is 0 Å². The van der Waals surface area contributed by atoms with E-state index in [1.165, 1.54) is 12.5 Å². The topological polar surface area (TPSA) is 88.0 Å². The molecule has 3 rings (SSSR count). The minimum Gasteiger partial charge on any atom is -0.352 e. The molecule has 2 fully saturated rings. The molecule has 2 saturated carbocycles. The molecule has 2 bridgehead atoms. The molecule has 0 spiro atoms. The highest BCUT2D eigenvalue weighted by atomic mass is 16.2. The monoisotopic (exact) mass is 261 g/mol. The number of nitrogens with one attached hydrogen (secondary N) is 2. The third kappa shape index (κ3) is 2.30. The molecule has 19 heavy (non-hydrogen) atoms. The lowest BCUT2D eigenvalue weighted by atomic mass is 9.84. The summed E-state index contributed by atoms with van der Waals surface area (Å²) in [5.41, 5.74) is 6.90. The molecule has 4 atom stereocenters. The van der Waals surface area contributed by atoms with E-state index >= 15 is 0 Å². The van der Waals surface area contributed by atoms with E-state index in [2.05, 4.69) is 10.3 Å². The Kier molecular flexibility index (Phi) is 3.14. The molecule has 4 unspecified atom stereocenters. The summed E-state index contributed by atoms with van der Waals surface area (Å²) in [6.07, 6.45) is 5.05. The van der Waals surface area contributed by atoms with Gasteiger partial charge in [-0.25, -0.2) is 0 Å². The number of rotatable bonds is 3. The predicted molar refractivity (Wildman–Crippen MR) is 71.2 cm³/mol. The summed E-state index contributed by atoms with van der Waals surface area (Å²) in [5.74, 6) is 1.04. The van der Waals surface area contributed by atoms with Crippen LogP contribution < -0.4 is 16.6 Å². The van der Waals surface area contributed by atoms with Crippen molar-refractivity contribution in [2.75, 3.05) is 0 Å². The minimum atomic E-state index is -0.134. The molecular formula is C14H19N3O2. The van der Waals surface area contributed by atoms with Gasteiger partial charge in [0.25, 0.3) is 0 Å². The largest absolute Gasteiger partial charge is 0.352 e. The fourth-order valence-electron chi connectivity index (χ4n) is 3.58. The van der Waals surface area contributed by atoms with Gasteiger partial charge in [0.05, 0.1) is 5.92 Å². The summed E-state index contributed by atoms with van der Waals surface area (Å²) in [6.45, 7) is 0.441. The van der Waals surface area contributed by atoms with Crippen LogP contribution in [0.3, 0.4) is 0 Å². The fraction of sp³-hybridized carbons (Fsp3) is 0.571. The number of carbonyl (C=O) groups is 1. The Morgan fingerprint density at radius 3 is 2.79 bits per heavy atom. The Balaban J connectivity index is 1.60. The summed E-state index contributed by atoms with van der Waals surface area (Å²) < 4.78 is 0. The van der Waals surface area contributed by atoms with Crippen LogP contribution in [-0.2, 0) is 11.3 Å². The van der Waals surface area contributed by atoms with Crippen molar-refractivity contribution >= 4 is 5.91 Å². The number of H-pyrrole nitrogens is 1. The Morgan fingerprint density at radius 2 is 2.16 bits per heavy atom. The zero-order chi connectivity index (χ0) is 13.4. The van der Waals surface area contributed by atoms with Crippen molar-refractivity contribution in [1.82, 2.24) is 10.3 Å². The maximum atomic E-state index is 12.2. The molecule has 2 aliphatic rings. The zero-order valence-corrected chi connectivity index (χ0v) is 10.8. The summed E-state index contributed by atoms with van der Waals surface area (Å²) in [5, 5.41) is 2.93. The third-order valence-electron chi connectivity index (χ3n) is 4.60. The molecule has 0 radical (unpaired) electrons. The number of hydrogen-bond donors (Lipinski definition) is 3. The number of aromatic amines is 1. The van der Waals surface area contributed by atoms with Crippen LogP contribution in [0.2, 0.25) is 0 Å². The van der Waals surface area contributed by atoms with Crippen LogP contribution in [0.1, 0.15) is 24.8 Å². The van der Waals surface area contributed by atoms with Gasteiger partial charge in [-0.3, -0.25) is 9.59 Å². The number of carbonyl (C=O) groups excluding carboxylic acids is 1. The number of aromatic nitrogens is 1. The van der Waals surface area contributed by atoms with Gasteiger partial charge in [0.1, 0.15) is 0 Å². The molecule has 2 aliphatic carbocycles. The summed E-state index contributed by atoms with van der Waals surface area (Å²) in [6, 6.07) is 3.21. The van der Waals surface area contributed by atoms with Crippen molar-refractivity contribution in [3.63, 3.8) is 0 Å². The van der Waals surface area contributed by atoms with Gasteiger partial charge in [-0.15, -0.1) is 0 Å². The first-order valence-corrected chi connectivity index (χ1v) is 6.86. The SMILES string of the molecule is NC1C2CCC(C2)C1C(=O)NCc1ccc(=O)[nH]c1. The molecule has 0 aromatic carbocycles. The van der Waals surface area contributed by atoms with E-state index in [1.54, 1.807) is 12.3 Å². The number of fused-ring (bicyclic) bond motifs is 2. The number of pyridine rings is 1. The molecule has 1 heterocycles. The first-order valence-electron chi connectivity index (χ1n) is 6.86. The van der Waals surface area contributed by atoms with E-state index in [0.29, 0.717) is 18.4 Å². The van der Waals surface area contributed by atoms with Crippen molar-refractivity contribution in [1.29, 1.82) is 0 Å². The standard InChI is InChI=1S/C14H19N3O2/c15-13-10-3-2-9(5-10)12(13)14(19)17-7-8-1-4-11(18)16-6-8/h1,4,6,9-10,12-13H,2-3,5,7,15H2,(H,16,18)(H,17,19). The molecule has 0 saturated heterocycles. The number of amides is 1. The van der Waals surface area contributed by atoms with E-state index in [0.717, 1.165) is 18.4 Å². The smallest absolute Gasteiger partial charge is 0.247 e. The minimum absolute atomic E-state index is 0.0225. The molecule has 5 heteroatoms. The average Bonchev–Trinajstić information content (AvgIpc) is 2.98. The van der Waals surface area contributed by atoms with Crippen LogP contribution in [0, 0.1) is 17.8 Å². The van der Waals surface area contributed by atoms with Crippen LogP contribution in [0.5, 0.6) is 0 Å². The Hall–Kier alpha value is -1.62. The zero-order valence-electron chi connectivity index (χ0n) is 10.8. The van der Waals surface area contributed by atoms with Gasteiger partial charge in [-0.05, 0) is 36.7 Å². The normalized spacial score (nSPS) is 32.5. The van der Waals surface area contributed by atoms with Crippen molar-refractivity contribution in [3.05, 3.63) is 34.2 Å². The molecule has 1 amide bonds. The lowest BCUT2D eigenvalue weighted by molar-refractivity contribution is -0.127. The third-order valence-corrected chi connectivity index (χ3v) is 4.60. The molecule has 1 aromatic rings. The second-order valence-corrected chi connectivity index (χ2v) is 5.72. The van der Waals surface area contributed by atoms with E-state index in [9.17, 15) is 9.59 Å². The van der Waals surface area contributed by atoms with E-state index in [1.807, 2.05) is 0 Å². The first-order chi connectivity index (χ1) is 9.15. The van der Waals surface area contributed by atoms with Gasteiger partial charge in [-0.2, -0.15) is 0 Å². The fourth-order valence-corrected chi connectivity index (χ4v) is 3.58. The van der Waals surface area contributed by atoms with Crippen LogP contribution in [0.15, 0.2) is 23.1 Å². The molecule has 102 valence electrons.